The highest BCUT2D eigenvalue weighted by atomic mass is 16.5. The van der Waals surface area contributed by atoms with Gasteiger partial charge < -0.3 is 15.6 Å². The molecule has 1 heterocycles. The van der Waals surface area contributed by atoms with Gasteiger partial charge in [0, 0.05) is 25.2 Å². The zero-order chi connectivity index (χ0) is 11.3. The second-order valence-corrected chi connectivity index (χ2v) is 4.69. The van der Waals surface area contributed by atoms with E-state index in [0.29, 0.717) is 5.92 Å². The summed E-state index contributed by atoms with van der Waals surface area (Å²) in [5, 5.41) is 9.40. The summed E-state index contributed by atoms with van der Waals surface area (Å²) in [5.74, 6) is 0.579. The van der Waals surface area contributed by atoms with E-state index in [0.717, 1.165) is 32.7 Å². The van der Waals surface area contributed by atoms with Crippen LogP contribution in [0.4, 0.5) is 0 Å². The van der Waals surface area contributed by atoms with E-state index in [1.807, 2.05) is 0 Å². The average Bonchev–Trinajstić information content (AvgIpc) is 2.19. The third-order valence-electron chi connectivity index (χ3n) is 2.94. The predicted octanol–water partition coefficient (Wildman–Crippen LogP) is 0.0529. The molecule has 2 atom stereocenters. The van der Waals surface area contributed by atoms with Crippen molar-refractivity contribution in [3.05, 3.63) is 0 Å². The number of rotatable bonds is 5. The molecule has 90 valence electrons. The number of aliphatic hydroxyl groups excluding tert-OH is 1. The third kappa shape index (κ3) is 4.07. The minimum Gasteiger partial charge on any atom is -0.395 e. The summed E-state index contributed by atoms with van der Waals surface area (Å²) in [4.78, 5) is 2.25. The van der Waals surface area contributed by atoms with Crippen molar-refractivity contribution >= 4 is 0 Å². The monoisotopic (exact) mass is 216 g/mol. The van der Waals surface area contributed by atoms with E-state index < -0.39 is 0 Å². The maximum atomic E-state index is 9.40. The Bertz CT molecular complexity index is 170. The fraction of sp³-hybridized carbons (Fsp3) is 1.00. The molecule has 0 amide bonds. The van der Waals surface area contributed by atoms with Crippen LogP contribution in [0.1, 0.15) is 20.3 Å². The van der Waals surface area contributed by atoms with E-state index in [4.69, 9.17) is 10.5 Å². The van der Waals surface area contributed by atoms with Gasteiger partial charge in [0.25, 0.3) is 0 Å². The molecule has 1 aliphatic heterocycles. The molecule has 0 aromatic carbocycles. The summed E-state index contributed by atoms with van der Waals surface area (Å²) < 4.78 is 5.29. The van der Waals surface area contributed by atoms with Crippen molar-refractivity contribution in [2.45, 2.75) is 32.4 Å². The van der Waals surface area contributed by atoms with Crippen LogP contribution >= 0.6 is 0 Å². The van der Waals surface area contributed by atoms with Gasteiger partial charge >= 0.3 is 0 Å². The van der Waals surface area contributed by atoms with E-state index in [1.165, 1.54) is 0 Å². The highest BCUT2D eigenvalue weighted by Gasteiger charge is 2.26. The van der Waals surface area contributed by atoms with Crippen molar-refractivity contribution < 1.29 is 9.84 Å². The number of nitrogens with two attached hydrogens (primary N) is 1. The maximum Gasteiger partial charge on any atom is 0.0602 e. The van der Waals surface area contributed by atoms with E-state index in [-0.39, 0.29) is 18.7 Å². The molecule has 0 aromatic heterocycles. The molecule has 0 bridgehead atoms. The lowest BCUT2D eigenvalue weighted by Crippen LogP contribution is -2.54. The Morgan fingerprint density at radius 3 is 2.40 bits per heavy atom. The van der Waals surface area contributed by atoms with Gasteiger partial charge in [0.15, 0.2) is 0 Å². The molecule has 0 aliphatic carbocycles. The molecule has 4 nitrogen and oxygen atoms in total. The molecule has 0 aromatic rings. The molecule has 0 radical (unpaired) electrons. The van der Waals surface area contributed by atoms with Crippen molar-refractivity contribution in [1.29, 1.82) is 0 Å². The second kappa shape index (κ2) is 6.43. The summed E-state index contributed by atoms with van der Waals surface area (Å²) in [6, 6.07) is 0.157. The van der Waals surface area contributed by atoms with E-state index in [9.17, 15) is 5.11 Å². The van der Waals surface area contributed by atoms with Crippen LogP contribution in [0.3, 0.4) is 0 Å². The maximum absolute atomic E-state index is 9.40. The Kier molecular flexibility index (Phi) is 5.53. The molecular weight excluding hydrogens is 192 g/mol. The van der Waals surface area contributed by atoms with Crippen LogP contribution in [-0.4, -0.2) is 55.0 Å². The number of hydrogen-bond acceptors (Lipinski definition) is 4. The molecule has 4 heteroatoms. The van der Waals surface area contributed by atoms with Gasteiger partial charge in [0.05, 0.1) is 19.8 Å². The Morgan fingerprint density at radius 1 is 1.33 bits per heavy atom. The number of hydrogen-bond donors (Lipinski definition) is 2. The van der Waals surface area contributed by atoms with Crippen LogP contribution in [0.25, 0.3) is 0 Å². The lowest BCUT2D eigenvalue weighted by atomic mass is 9.97. The summed E-state index contributed by atoms with van der Waals surface area (Å²) in [6.45, 7) is 7.75. The van der Waals surface area contributed by atoms with Gasteiger partial charge in [-0.05, 0) is 12.3 Å². The average molecular weight is 216 g/mol. The lowest BCUT2D eigenvalue weighted by molar-refractivity contribution is -0.00498. The summed E-state index contributed by atoms with van der Waals surface area (Å²) in [6.07, 6.45) is 0.961. The predicted molar refractivity (Wildman–Crippen MR) is 60.7 cm³/mol. The Morgan fingerprint density at radius 2 is 1.93 bits per heavy atom. The summed E-state index contributed by atoms with van der Waals surface area (Å²) in [7, 11) is 0. The molecule has 1 aliphatic rings. The standard InChI is InChI=1S/C11H24N2O2/c1-9(2)7-10(12)11(8-14)13-3-5-15-6-4-13/h9-11,14H,3-8,12H2,1-2H3. The minimum atomic E-state index is 0.0631. The first kappa shape index (κ1) is 12.9. The zero-order valence-electron chi connectivity index (χ0n) is 9.85. The third-order valence-corrected chi connectivity index (χ3v) is 2.94. The van der Waals surface area contributed by atoms with Crippen LogP contribution in [0.15, 0.2) is 0 Å². The quantitative estimate of drug-likeness (QED) is 0.682. The first-order valence-corrected chi connectivity index (χ1v) is 5.83. The molecule has 15 heavy (non-hydrogen) atoms. The van der Waals surface area contributed by atoms with Crippen molar-refractivity contribution in [1.82, 2.24) is 4.90 Å². The fourth-order valence-corrected chi connectivity index (χ4v) is 2.13. The first-order chi connectivity index (χ1) is 7.15. The van der Waals surface area contributed by atoms with Crippen LogP contribution in [-0.2, 0) is 4.74 Å². The van der Waals surface area contributed by atoms with Gasteiger partial charge in [-0.2, -0.15) is 0 Å². The highest BCUT2D eigenvalue weighted by Crippen LogP contribution is 2.12. The van der Waals surface area contributed by atoms with E-state index in [2.05, 4.69) is 18.7 Å². The number of nitrogens with zero attached hydrogens (tertiary/aromatic N) is 1. The molecule has 1 saturated heterocycles. The number of aliphatic hydroxyl groups is 1. The summed E-state index contributed by atoms with van der Waals surface area (Å²) >= 11 is 0. The number of ether oxygens (including phenoxy) is 1. The second-order valence-electron chi connectivity index (χ2n) is 4.69. The zero-order valence-corrected chi connectivity index (χ0v) is 9.85. The largest absolute Gasteiger partial charge is 0.395 e. The molecule has 0 spiro atoms. The smallest absolute Gasteiger partial charge is 0.0602 e. The normalized spacial score (nSPS) is 23.0. The van der Waals surface area contributed by atoms with Crippen LogP contribution in [0, 0.1) is 5.92 Å². The summed E-state index contributed by atoms with van der Waals surface area (Å²) in [5.41, 5.74) is 6.12. The Hall–Kier alpha value is -0.160. The van der Waals surface area contributed by atoms with Gasteiger partial charge in [0.2, 0.25) is 0 Å². The first-order valence-electron chi connectivity index (χ1n) is 5.83. The van der Waals surface area contributed by atoms with Gasteiger partial charge in [-0.3, -0.25) is 4.90 Å². The Labute approximate surface area is 92.4 Å². The highest BCUT2D eigenvalue weighted by molar-refractivity contribution is 4.83. The molecule has 3 N–H and O–H groups in total. The van der Waals surface area contributed by atoms with Gasteiger partial charge in [-0.25, -0.2) is 0 Å². The number of morpholine rings is 1. The van der Waals surface area contributed by atoms with Crippen LogP contribution in [0.2, 0.25) is 0 Å². The van der Waals surface area contributed by atoms with Crippen molar-refractivity contribution in [3.8, 4) is 0 Å². The van der Waals surface area contributed by atoms with Crippen LogP contribution in [0.5, 0.6) is 0 Å². The fourth-order valence-electron chi connectivity index (χ4n) is 2.13. The van der Waals surface area contributed by atoms with Crippen molar-refractivity contribution in [2.24, 2.45) is 11.7 Å². The molecule has 1 fully saturated rings. The van der Waals surface area contributed by atoms with Gasteiger partial charge in [-0.1, -0.05) is 13.8 Å². The molecule has 1 rings (SSSR count). The van der Waals surface area contributed by atoms with Gasteiger partial charge in [-0.15, -0.1) is 0 Å². The minimum absolute atomic E-state index is 0.0631. The van der Waals surface area contributed by atoms with Crippen molar-refractivity contribution in [3.63, 3.8) is 0 Å². The molecular formula is C11H24N2O2. The van der Waals surface area contributed by atoms with Crippen molar-refractivity contribution in [2.75, 3.05) is 32.9 Å². The van der Waals surface area contributed by atoms with Crippen LogP contribution < -0.4 is 5.73 Å². The molecule has 2 unspecified atom stereocenters. The van der Waals surface area contributed by atoms with E-state index in [1.54, 1.807) is 0 Å². The van der Waals surface area contributed by atoms with E-state index >= 15 is 0 Å². The van der Waals surface area contributed by atoms with Gasteiger partial charge in [0.1, 0.15) is 0 Å². The SMILES string of the molecule is CC(C)CC(N)C(CO)N1CCOCC1. The molecule has 0 saturated carbocycles. The topological polar surface area (TPSA) is 58.7 Å². The lowest BCUT2D eigenvalue weighted by Gasteiger charge is -2.37. The Balaban J connectivity index is 2.45.